The molecule has 0 fully saturated rings. The topological polar surface area (TPSA) is 66.8 Å². The molecule has 12 heavy (non-hydrogen) atoms. The number of carbonyl (C=O) groups is 1. The van der Waals surface area contributed by atoms with Crippen molar-refractivity contribution >= 4 is 5.97 Å². The van der Waals surface area contributed by atoms with Crippen molar-refractivity contribution in [2.45, 2.75) is 6.61 Å². The van der Waals surface area contributed by atoms with Crippen LogP contribution in [0.4, 0.5) is 0 Å². The van der Waals surface area contributed by atoms with Crippen molar-refractivity contribution in [1.29, 1.82) is 0 Å². The Labute approximate surface area is 69.0 Å². The van der Waals surface area contributed by atoms with Crippen LogP contribution < -0.4 is 0 Å². The average molecular weight is 168 g/mol. The van der Waals surface area contributed by atoms with E-state index in [9.17, 15) is 4.79 Å². The van der Waals surface area contributed by atoms with Crippen LogP contribution in [0, 0.1) is 0 Å². The highest BCUT2D eigenvalue weighted by Gasteiger charge is 2.07. The van der Waals surface area contributed by atoms with Crippen LogP contribution in [-0.2, 0) is 11.5 Å². The zero-order valence-electron chi connectivity index (χ0n) is 6.23. The second-order valence-electron chi connectivity index (χ2n) is 2.24. The molecular formula is C8H8O4. The quantitative estimate of drug-likeness (QED) is 0.528. The van der Waals surface area contributed by atoms with Gasteiger partial charge in [-0.05, 0) is 11.6 Å². The van der Waals surface area contributed by atoms with Gasteiger partial charge >= 0.3 is 5.97 Å². The van der Waals surface area contributed by atoms with Crippen molar-refractivity contribution in [3.63, 3.8) is 0 Å². The molecule has 0 bridgehead atoms. The van der Waals surface area contributed by atoms with Gasteiger partial charge in [0, 0.05) is 0 Å². The molecule has 0 atom stereocenters. The molecule has 0 radical (unpaired) electrons. The fourth-order valence-corrected chi connectivity index (χ4v) is 0.924. The molecule has 4 nitrogen and oxygen atoms in total. The maximum absolute atomic E-state index is 10.6. The number of hydrogen-bond acceptors (Lipinski definition) is 3. The molecule has 4 heteroatoms. The van der Waals surface area contributed by atoms with Gasteiger partial charge in [-0.25, -0.2) is 9.68 Å². The third-order valence-electron chi connectivity index (χ3n) is 1.47. The molecule has 0 saturated heterocycles. The van der Waals surface area contributed by atoms with Crippen molar-refractivity contribution < 1.29 is 20.0 Å². The van der Waals surface area contributed by atoms with Gasteiger partial charge in [0.05, 0.1) is 5.56 Å². The third kappa shape index (κ3) is 1.81. The molecule has 0 unspecified atom stereocenters. The monoisotopic (exact) mass is 168 g/mol. The highest BCUT2D eigenvalue weighted by atomic mass is 17.1. The number of aromatic carboxylic acids is 1. The second-order valence-corrected chi connectivity index (χ2v) is 2.24. The van der Waals surface area contributed by atoms with E-state index < -0.39 is 5.97 Å². The fraction of sp³-hybridized carbons (Fsp3) is 0.125. The summed E-state index contributed by atoms with van der Waals surface area (Å²) in [7, 11) is 0. The van der Waals surface area contributed by atoms with Gasteiger partial charge in [-0.2, -0.15) is 0 Å². The standard InChI is InChI=1S/C8H8O4/c9-8(10)7-4-2-1-3-6(7)5-12-11/h1-4,11H,5H2,(H,9,10). The van der Waals surface area contributed by atoms with Crippen molar-refractivity contribution in [3.05, 3.63) is 35.4 Å². The van der Waals surface area contributed by atoms with Gasteiger partial charge in [0.15, 0.2) is 0 Å². The molecule has 64 valence electrons. The number of hydrogen-bond donors (Lipinski definition) is 2. The molecule has 1 aromatic carbocycles. The number of rotatable bonds is 3. The van der Waals surface area contributed by atoms with Crippen molar-refractivity contribution in [1.82, 2.24) is 0 Å². The van der Waals surface area contributed by atoms with Gasteiger partial charge in [-0.3, -0.25) is 5.26 Å². The molecule has 0 amide bonds. The van der Waals surface area contributed by atoms with E-state index in [0.717, 1.165) is 0 Å². The average Bonchev–Trinajstić information content (AvgIpc) is 2.05. The predicted octanol–water partition coefficient (Wildman–Crippen LogP) is 1.37. The maximum Gasteiger partial charge on any atom is 0.336 e. The van der Waals surface area contributed by atoms with E-state index in [2.05, 4.69) is 4.89 Å². The summed E-state index contributed by atoms with van der Waals surface area (Å²) in [6.45, 7) is -0.109. The Kier molecular flexibility index (Phi) is 2.79. The Hall–Kier alpha value is -1.39. The third-order valence-corrected chi connectivity index (χ3v) is 1.47. The molecule has 0 aliphatic heterocycles. The summed E-state index contributed by atoms with van der Waals surface area (Å²) in [5, 5.41) is 16.8. The number of carboxylic acids is 1. The van der Waals surface area contributed by atoms with E-state index in [-0.39, 0.29) is 12.2 Å². The molecule has 1 rings (SSSR count). The molecular weight excluding hydrogens is 160 g/mol. The summed E-state index contributed by atoms with van der Waals surface area (Å²) in [5.74, 6) is -1.03. The molecule has 0 aliphatic carbocycles. The van der Waals surface area contributed by atoms with Crippen LogP contribution in [0.2, 0.25) is 0 Å². The van der Waals surface area contributed by atoms with E-state index in [4.69, 9.17) is 10.4 Å². The zero-order chi connectivity index (χ0) is 8.97. The lowest BCUT2D eigenvalue weighted by Gasteiger charge is -2.01. The van der Waals surface area contributed by atoms with Gasteiger partial charge < -0.3 is 5.11 Å². The highest BCUT2D eigenvalue weighted by Crippen LogP contribution is 2.09. The Morgan fingerprint density at radius 2 is 2.08 bits per heavy atom. The van der Waals surface area contributed by atoms with Crippen LogP contribution in [0.25, 0.3) is 0 Å². The lowest BCUT2D eigenvalue weighted by molar-refractivity contribution is -0.253. The van der Waals surface area contributed by atoms with Crippen molar-refractivity contribution in [3.8, 4) is 0 Å². The van der Waals surface area contributed by atoms with E-state index in [1.807, 2.05) is 0 Å². The zero-order valence-corrected chi connectivity index (χ0v) is 6.23. The maximum atomic E-state index is 10.6. The van der Waals surface area contributed by atoms with E-state index >= 15 is 0 Å². The van der Waals surface area contributed by atoms with Crippen LogP contribution in [-0.4, -0.2) is 16.3 Å². The van der Waals surface area contributed by atoms with Crippen molar-refractivity contribution in [2.24, 2.45) is 0 Å². The van der Waals surface area contributed by atoms with Crippen LogP contribution >= 0.6 is 0 Å². The van der Waals surface area contributed by atoms with Gasteiger partial charge in [-0.1, -0.05) is 18.2 Å². The van der Waals surface area contributed by atoms with Gasteiger partial charge in [0.1, 0.15) is 6.61 Å². The first-order chi connectivity index (χ1) is 5.75. The predicted molar refractivity (Wildman–Crippen MR) is 40.8 cm³/mol. The van der Waals surface area contributed by atoms with Gasteiger partial charge in [0.25, 0.3) is 0 Å². The van der Waals surface area contributed by atoms with Crippen LogP contribution in [0.3, 0.4) is 0 Å². The van der Waals surface area contributed by atoms with Crippen molar-refractivity contribution in [2.75, 3.05) is 0 Å². The molecule has 0 spiro atoms. The lowest BCUT2D eigenvalue weighted by Crippen LogP contribution is -2.02. The SMILES string of the molecule is O=C(O)c1ccccc1COO. The summed E-state index contributed by atoms with van der Waals surface area (Å²) in [6.07, 6.45) is 0. The van der Waals surface area contributed by atoms with E-state index in [1.165, 1.54) is 6.07 Å². The summed E-state index contributed by atoms with van der Waals surface area (Å²) in [6, 6.07) is 6.33. The Bertz CT molecular complexity index is 282. The summed E-state index contributed by atoms with van der Waals surface area (Å²) in [5.41, 5.74) is 0.596. The Morgan fingerprint density at radius 1 is 1.42 bits per heavy atom. The molecule has 2 N–H and O–H groups in total. The van der Waals surface area contributed by atoms with E-state index in [0.29, 0.717) is 5.56 Å². The molecule has 0 aliphatic rings. The lowest BCUT2D eigenvalue weighted by atomic mass is 10.1. The fourth-order valence-electron chi connectivity index (χ4n) is 0.924. The molecule has 1 aromatic rings. The van der Waals surface area contributed by atoms with Gasteiger partial charge in [-0.15, -0.1) is 0 Å². The van der Waals surface area contributed by atoms with Gasteiger partial charge in [0.2, 0.25) is 0 Å². The van der Waals surface area contributed by atoms with E-state index in [1.54, 1.807) is 18.2 Å². The minimum atomic E-state index is -1.03. The summed E-state index contributed by atoms with van der Waals surface area (Å²) >= 11 is 0. The molecule has 0 heterocycles. The minimum absolute atomic E-state index is 0.109. The molecule has 0 saturated carbocycles. The smallest absolute Gasteiger partial charge is 0.336 e. The Morgan fingerprint density at radius 3 is 2.67 bits per heavy atom. The normalized spacial score (nSPS) is 9.75. The van der Waals surface area contributed by atoms with Crippen LogP contribution in [0.1, 0.15) is 15.9 Å². The largest absolute Gasteiger partial charge is 0.478 e. The van der Waals surface area contributed by atoms with Crippen LogP contribution in [0.5, 0.6) is 0 Å². The first-order valence-corrected chi connectivity index (χ1v) is 3.33. The highest BCUT2D eigenvalue weighted by molar-refractivity contribution is 5.89. The number of benzene rings is 1. The minimum Gasteiger partial charge on any atom is -0.478 e. The first-order valence-electron chi connectivity index (χ1n) is 3.33. The summed E-state index contributed by atoms with van der Waals surface area (Å²) < 4.78 is 0. The first kappa shape index (κ1) is 8.70. The van der Waals surface area contributed by atoms with Crippen LogP contribution in [0.15, 0.2) is 24.3 Å². The number of carboxylic acid groups (broad SMARTS) is 1. The summed E-state index contributed by atoms with van der Waals surface area (Å²) in [4.78, 5) is 14.4. The second kappa shape index (κ2) is 3.85. The Balaban J connectivity index is 3.00. The molecule has 0 aromatic heterocycles.